The first kappa shape index (κ1) is 11.5. The number of hydrogen-bond donors (Lipinski definition) is 0. The fourth-order valence-electron chi connectivity index (χ4n) is 1.63. The van der Waals surface area contributed by atoms with Crippen LogP contribution >= 0.6 is 0 Å². The number of hydrogen-bond acceptors (Lipinski definition) is 2. The van der Waals surface area contributed by atoms with Crippen LogP contribution in [0, 0.1) is 0 Å². The van der Waals surface area contributed by atoms with Gasteiger partial charge in [-0.05, 0) is 32.0 Å². The van der Waals surface area contributed by atoms with Gasteiger partial charge >= 0.3 is 0 Å². The Morgan fingerprint density at radius 2 is 2.24 bits per heavy atom. The monoisotopic (exact) mass is 228 g/mol. The van der Waals surface area contributed by atoms with E-state index in [1.807, 2.05) is 42.8 Å². The highest BCUT2D eigenvalue weighted by molar-refractivity contribution is 5.59. The molecular weight excluding hydrogens is 212 g/mol. The lowest BCUT2D eigenvalue weighted by molar-refractivity contribution is 0.242. The van der Waals surface area contributed by atoms with Crippen molar-refractivity contribution in [3.63, 3.8) is 0 Å². The van der Waals surface area contributed by atoms with Crippen LogP contribution in [0.5, 0.6) is 5.75 Å². The molecule has 0 fully saturated rings. The molecule has 0 saturated carbocycles. The highest BCUT2D eigenvalue weighted by Gasteiger charge is 2.05. The molecule has 0 bridgehead atoms. The van der Waals surface area contributed by atoms with Crippen LogP contribution in [0.25, 0.3) is 11.8 Å². The maximum Gasteiger partial charge on any atom is 0.127 e. The van der Waals surface area contributed by atoms with E-state index in [0.29, 0.717) is 0 Å². The predicted octanol–water partition coefficient (Wildman–Crippen LogP) is 3.30. The number of imidazole rings is 1. The molecule has 0 unspecified atom stereocenters. The maximum atomic E-state index is 5.71. The molecule has 88 valence electrons. The molecule has 3 nitrogen and oxygen atoms in total. The summed E-state index contributed by atoms with van der Waals surface area (Å²) in [5.41, 5.74) is 2.04. The molecule has 0 aliphatic carbocycles. The van der Waals surface area contributed by atoms with E-state index in [1.54, 1.807) is 18.6 Å². The van der Waals surface area contributed by atoms with E-state index in [4.69, 9.17) is 4.74 Å². The standard InChI is InChI=1S/C14H16N2O/c1-4-12-9-13(16-8-7-15-10-16)5-6-14(12)17-11(2)3/h4-11H,1H2,2-3H3. The van der Waals surface area contributed by atoms with Gasteiger partial charge in [-0.15, -0.1) is 0 Å². The van der Waals surface area contributed by atoms with Gasteiger partial charge in [0.1, 0.15) is 5.75 Å². The summed E-state index contributed by atoms with van der Waals surface area (Å²) in [4.78, 5) is 4.03. The Labute approximate surface area is 101 Å². The summed E-state index contributed by atoms with van der Waals surface area (Å²) in [5.74, 6) is 0.860. The van der Waals surface area contributed by atoms with E-state index in [-0.39, 0.29) is 6.10 Å². The van der Waals surface area contributed by atoms with E-state index in [2.05, 4.69) is 11.6 Å². The van der Waals surface area contributed by atoms with Crippen LogP contribution < -0.4 is 4.74 Å². The first-order valence-electron chi connectivity index (χ1n) is 5.62. The Bertz CT molecular complexity index is 501. The van der Waals surface area contributed by atoms with Gasteiger partial charge in [-0.25, -0.2) is 4.98 Å². The molecule has 0 saturated heterocycles. The number of benzene rings is 1. The molecule has 1 heterocycles. The molecular formula is C14H16N2O. The lowest BCUT2D eigenvalue weighted by atomic mass is 10.1. The number of nitrogens with zero attached hydrogens (tertiary/aromatic N) is 2. The summed E-state index contributed by atoms with van der Waals surface area (Å²) >= 11 is 0. The average Bonchev–Trinajstić information content (AvgIpc) is 2.82. The van der Waals surface area contributed by atoms with Gasteiger partial charge in [-0.2, -0.15) is 0 Å². The number of ether oxygens (including phenoxy) is 1. The zero-order chi connectivity index (χ0) is 12.3. The smallest absolute Gasteiger partial charge is 0.127 e. The van der Waals surface area contributed by atoms with Gasteiger partial charge in [0.15, 0.2) is 0 Å². The van der Waals surface area contributed by atoms with Gasteiger partial charge in [-0.3, -0.25) is 0 Å². The third-order valence-electron chi connectivity index (χ3n) is 2.38. The van der Waals surface area contributed by atoms with Gasteiger partial charge in [0.05, 0.1) is 12.4 Å². The van der Waals surface area contributed by atoms with E-state index >= 15 is 0 Å². The van der Waals surface area contributed by atoms with Crippen LogP contribution in [0.4, 0.5) is 0 Å². The third-order valence-corrected chi connectivity index (χ3v) is 2.38. The van der Waals surface area contributed by atoms with Crippen LogP contribution in [-0.4, -0.2) is 15.7 Å². The van der Waals surface area contributed by atoms with Gasteiger partial charge in [0.2, 0.25) is 0 Å². The summed E-state index contributed by atoms with van der Waals surface area (Å²) in [5, 5.41) is 0. The molecule has 0 spiro atoms. The van der Waals surface area contributed by atoms with Crippen LogP contribution in [0.15, 0.2) is 43.5 Å². The molecule has 0 aliphatic rings. The summed E-state index contributed by atoms with van der Waals surface area (Å²) in [7, 11) is 0. The van der Waals surface area contributed by atoms with E-state index in [0.717, 1.165) is 17.0 Å². The molecule has 17 heavy (non-hydrogen) atoms. The van der Waals surface area contributed by atoms with Crippen molar-refractivity contribution in [2.75, 3.05) is 0 Å². The molecule has 0 atom stereocenters. The van der Waals surface area contributed by atoms with Crippen molar-refractivity contribution >= 4 is 6.08 Å². The van der Waals surface area contributed by atoms with Crippen molar-refractivity contribution in [3.8, 4) is 11.4 Å². The molecule has 2 aromatic rings. The largest absolute Gasteiger partial charge is 0.490 e. The fraction of sp³-hybridized carbons (Fsp3) is 0.214. The van der Waals surface area contributed by atoms with Crippen LogP contribution in [0.2, 0.25) is 0 Å². The Hall–Kier alpha value is -2.03. The van der Waals surface area contributed by atoms with Crippen LogP contribution in [0.3, 0.4) is 0 Å². The lowest BCUT2D eigenvalue weighted by Crippen LogP contribution is -2.06. The van der Waals surface area contributed by atoms with E-state index < -0.39 is 0 Å². The van der Waals surface area contributed by atoms with Crippen molar-refractivity contribution in [2.24, 2.45) is 0 Å². The molecule has 0 amide bonds. The van der Waals surface area contributed by atoms with Crippen LogP contribution in [0.1, 0.15) is 19.4 Å². The van der Waals surface area contributed by atoms with E-state index in [9.17, 15) is 0 Å². The summed E-state index contributed by atoms with van der Waals surface area (Å²) in [6, 6.07) is 6.01. The van der Waals surface area contributed by atoms with Crippen molar-refractivity contribution < 1.29 is 4.74 Å². The quantitative estimate of drug-likeness (QED) is 0.802. The SMILES string of the molecule is C=Cc1cc(-n2ccnc2)ccc1OC(C)C. The Morgan fingerprint density at radius 1 is 1.41 bits per heavy atom. The number of aromatic nitrogens is 2. The van der Waals surface area contributed by atoms with Gasteiger partial charge in [0.25, 0.3) is 0 Å². The minimum absolute atomic E-state index is 0.160. The first-order valence-corrected chi connectivity index (χ1v) is 5.62. The molecule has 3 heteroatoms. The molecule has 2 rings (SSSR count). The third kappa shape index (κ3) is 2.56. The topological polar surface area (TPSA) is 27.1 Å². The van der Waals surface area contributed by atoms with Gasteiger partial charge in [-0.1, -0.05) is 12.7 Å². The average molecular weight is 228 g/mol. The Kier molecular flexibility index (Phi) is 3.28. The zero-order valence-corrected chi connectivity index (χ0v) is 10.1. The Morgan fingerprint density at radius 3 is 2.82 bits per heavy atom. The van der Waals surface area contributed by atoms with Crippen LogP contribution in [-0.2, 0) is 0 Å². The minimum Gasteiger partial charge on any atom is -0.490 e. The molecule has 0 N–H and O–H groups in total. The summed E-state index contributed by atoms with van der Waals surface area (Å²) in [6.45, 7) is 7.84. The zero-order valence-electron chi connectivity index (χ0n) is 10.1. The molecule has 1 aromatic heterocycles. The lowest BCUT2D eigenvalue weighted by Gasteiger charge is -2.13. The molecule has 0 radical (unpaired) electrons. The normalized spacial score (nSPS) is 10.5. The summed E-state index contributed by atoms with van der Waals surface area (Å²) in [6.07, 6.45) is 7.40. The van der Waals surface area contributed by atoms with Gasteiger partial charge in [0, 0.05) is 23.6 Å². The van der Waals surface area contributed by atoms with Crippen molar-refractivity contribution in [1.82, 2.24) is 9.55 Å². The Balaban J connectivity index is 2.37. The second kappa shape index (κ2) is 4.87. The number of rotatable bonds is 4. The maximum absolute atomic E-state index is 5.71. The van der Waals surface area contributed by atoms with Gasteiger partial charge < -0.3 is 9.30 Å². The van der Waals surface area contributed by atoms with E-state index in [1.165, 1.54) is 0 Å². The predicted molar refractivity (Wildman–Crippen MR) is 69.4 cm³/mol. The minimum atomic E-state index is 0.160. The molecule has 1 aromatic carbocycles. The highest BCUT2D eigenvalue weighted by atomic mass is 16.5. The van der Waals surface area contributed by atoms with Crippen molar-refractivity contribution in [1.29, 1.82) is 0 Å². The second-order valence-electron chi connectivity index (χ2n) is 4.06. The summed E-state index contributed by atoms with van der Waals surface area (Å²) < 4.78 is 7.66. The fourth-order valence-corrected chi connectivity index (χ4v) is 1.63. The second-order valence-corrected chi connectivity index (χ2v) is 4.06. The first-order chi connectivity index (χ1) is 8.20. The van der Waals surface area contributed by atoms with Crippen molar-refractivity contribution in [2.45, 2.75) is 20.0 Å². The van der Waals surface area contributed by atoms with Crippen molar-refractivity contribution in [3.05, 3.63) is 49.1 Å². The highest BCUT2D eigenvalue weighted by Crippen LogP contribution is 2.24. The molecule has 0 aliphatic heterocycles.